The minimum atomic E-state index is -4.63. The highest BCUT2D eigenvalue weighted by atomic mass is 19.4. The summed E-state index contributed by atoms with van der Waals surface area (Å²) >= 11 is 0. The van der Waals surface area contributed by atoms with Crippen molar-refractivity contribution in [2.75, 3.05) is 44.2 Å². The molecular formula is C39H41F5N6O2. The second-order valence-corrected chi connectivity index (χ2v) is 14.9. The summed E-state index contributed by atoms with van der Waals surface area (Å²) in [6, 6.07) is 8.53. The van der Waals surface area contributed by atoms with Crippen LogP contribution in [-0.4, -0.2) is 83.7 Å². The Morgan fingerprint density at radius 1 is 1.04 bits per heavy atom. The second kappa shape index (κ2) is 13.4. The summed E-state index contributed by atoms with van der Waals surface area (Å²) in [4.78, 5) is 19.1. The largest absolute Gasteiger partial charge is 0.522 e. The van der Waals surface area contributed by atoms with Crippen molar-refractivity contribution in [2.24, 2.45) is 11.3 Å². The summed E-state index contributed by atoms with van der Waals surface area (Å²) < 4.78 is 81.1. The lowest BCUT2D eigenvalue weighted by atomic mass is 9.87. The number of halogens is 5. The Hall–Kier alpha value is -4.12. The van der Waals surface area contributed by atoms with Crippen LogP contribution in [-0.2, 0) is 11.2 Å². The third-order valence-corrected chi connectivity index (χ3v) is 11.4. The third kappa shape index (κ3) is 6.43. The number of ether oxygens (including phenoxy) is 2. The van der Waals surface area contributed by atoms with Gasteiger partial charge < -0.3 is 19.9 Å². The molecule has 3 atom stereocenters. The zero-order valence-electron chi connectivity index (χ0n) is 29.2. The van der Waals surface area contributed by atoms with Crippen molar-refractivity contribution in [3.8, 4) is 29.6 Å². The monoisotopic (exact) mass is 720 g/mol. The number of aromatic nitrogens is 3. The molecule has 3 aliphatic heterocycles. The van der Waals surface area contributed by atoms with Gasteiger partial charge in [0.1, 0.15) is 22.8 Å². The molecule has 0 spiro atoms. The lowest BCUT2D eigenvalue weighted by molar-refractivity contribution is -0.345. The molecule has 0 unspecified atom stereocenters. The van der Waals surface area contributed by atoms with E-state index in [1.54, 1.807) is 18.2 Å². The van der Waals surface area contributed by atoms with Gasteiger partial charge in [-0.05, 0) is 55.9 Å². The highest BCUT2D eigenvalue weighted by Gasteiger charge is 2.46. The van der Waals surface area contributed by atoms with Gasteiger partial charge >= 0.3 is 12.4 Å². The highest BCUT2D eigenvalue weighted by Crippen LogP contribution is 2.48. The summed E-state index contributed by atoms with van der Waals surface area (Å²) in [6.07, 6.45) is 4.17. The second-order valence-electron chi connectivity index (χ2n) is 14.9. The lowest BCUT2D eigenvalue weighted by Crippen LogP contribution is -2.60. The van der Waals surface area contributed by atoms with Gasteiger partial charge in [0.25, 0.3) is 0 Å². The predicted octanol–water partition coefficient (Wildman–Crippen LogP) is 7.01. The van der Waals surface area contributed by atoms with Gasteiger partial charge in [-0.25, -0.2) is 13.8 Å². The van der Waals surface area contributed by atoms with E-state index >= 15 is 8.78 Å². The Kier molecular flexibility index (Phi) is 8.99. The number of likely N-dealkylation sites (tertiary alicyclic amines) is 1. The number of piperazine rings is 1. The Balaban J connectivity index is 1.18. The predicted molar refractivity (Wildman–Crippen MR) is 188 cm³/mol. The minimum Gasteiger partial charge on any atom is -0.463 e. The fourth-order valence-corrected chi connectivity index (χ4v) is 8.71. The first-order valence-electron chi connectivity index (χ1n) is 18.2. The first-order valence-corrected chi connectivity index (χ1v) is 18.2. The molecule has 4 aromatic rings. The SMILES string of the molecule is C#Cc1c(F)ccc2cccc(-c3nc4c5c(nc(OCC6(CN7CCC(OC(F)(F)F)CC7)CC6)nc5c3F)N3CCN[C@@H](CC)[C@@H]3[C@@H](C)C4)c12. The normalized spacial score (nSPS) is 23.3. The van der Waals surface area contributed by atoms with E-state index in [9.17, 15) is 13.2 Å². The van der Waals surface area contributed by atoms with Crippen LogP contribution in [0.4, 0.5) is 27.8 Å². The van der Waals surface area contributed by atoms with E-state index in [0.29, 0.717) is 78.7 Å². The van der Waals surface area contributed by atoms with E-state index in [-0.39, 0.29) is 52.8 Å². The van der Waals surface area contributed by atoms with Gasteiger partial charge in [-0.1, -0.05) is 44.0 Å². The summed E-state index contributed by atoms with van der Waals surface area (Å²) in [6.45, 7) is 7.69. The topological polar surface area (TPSA) is 75.6 Å². The molecule has 1 aliphatic carbocycles. The number of pyridine rings is 1. The molecule has 1 saturated carbocycles. The van der Waals surface area contributed by atoms with Crippen molar-refractivity contribution >= 4 is 27.5 Å². The number of nitrogens with one attached hydrogen (secondary N) is 1. The van der Waals surface area contributed by atoms with E-state index in [4.69, 9.17) is 26.1 Å². The summed E-state index contributed by atoms with van der Waals surface area (Å²) in [5, 5.41) is 5.29. The number of hydrogen-bond acceptors (Lipinski definition) is 8. The quantitative estimate of drug-likeness (QED) is 0.154. The molecule has 5 heterocycles. The van der Waals surface area contributed by atoms with Gasteiger partial charge in [-0.3, -0.25) is 4.74 Å². The number of fused-ring (bicyclic) bond motifs is 3. The van der Waals surface area contributed by atoms with Crippen LogP contribution in [0.25, 0.3) is 32.9 Å². The number of nitrogens with zero attached hydrogens (tertiary/aromatic N) is 5. The van der Waals surface area contributed by atoms with Crippen LogP contribution in [0.1, 0.15) is 57.2 Å². The molecule has 2 aromatic heterocycles. The average molecular weight is 721 g/mol. The number of terminal acetylenes is 1. The van der Waals surface area contributed by atoms with Gasteiger partial charge in [0.05, 0.1) is 29.4 Å². The Labute approximate surface area is 299 Å². The first kappa shape index (κ1) is 34.9. The van der Waals surface area contributed by atoms with Crippen LogP contribution in [0.15, 0.2) is 30.3 Å². The maximum atomic E-state index is 17.2. The molecule has 8 rings (SSSR count). The number of benzene rings is 2. The zero-order valence-corrected chi connectivity index (χ0v) is 29.2. The fraction of sp³-hybridized carbons (Fsp3) is 0.513. The van der Waals surface area contributed by atoms with E-state index in [1.165, 1.54) is 6.07 Å². The molecule has 8 nitrogen and oxygen atoms in total. The molecule has 0 radical (unpaired) electrons. The van der Waals surface area contributed by atoms with Crippen molar-refractivity contribution in [3.05, 3.63) is 53.2 Å². The lowest BCUT2D eigenvalue weighted by Gasteiger charge is -2.44. The van der Waals surface area contributed by atoms with Crippen LogP contribution in [0.2, 0.25) is 0 Å². The van der Waals surface area contributed by atoms with E-state index in [1.807, 2.05) is 6.07 Å². The zero-order chi connectivity index (χ0) is 36.4. The highest BCUT2D eigenvalue weighted by molar-refractivity contribution is 6.02. The average Bonchev–Trinajstić information content (AvgIpc) is 3.91. The molecular weight excluding hydrogens is 679 g/mol. The smallest absolute Gasteiger partial charge is 0.463 e. The van der Waals surface area contributed by atoms with E-state index < -0.39 is 24.1 Å². The number of piperidine rings is 1. The summed E-state index contributed by atoms with van der Waals surface area (Å²) in [7, 11) is 0. The third-order valence-electron chi connectivity index (χ3n) is 11.4. The van der Waals surface area contributed by atoms with Crippen molar-refractivity contribution < 1.29 is 31.4 Å². The van der Waals surface area contributed by atoms with Crippen molar-refractivity contribution in [1.29, 1.82) is 0 Å². The van der Waals surface area contributed by atoms with Crippen molar-refractivity contribution in [1.82, 2.24) is 25.2 Å². The van der Waals surface area contributed by atoms with Crippen molar-refractivity contribution in [2.45, 2.75) is 76.9 Å². The molecule has 4 aliphatic rings. The molecule has 1 N–H and O–H groups in total. The summed E-state index contributed by atoms with van der Waals surface area (Å²) in [5.41, 5.74) is 1.02. The summed E-state index contributed by atoms with van der Waals surface area (Å²) in [5.74, 6) is 1.94. The molecule has 2 aromatic carbocycles. The Morgan fingerprint density at radius 3 is 2.54 bits per heavy atom. The van der Waals surface area contributed by atoms with Crippen LogP contribution in [0, 0.1) is 35.3 Å². The van der Waals surface area contributed by atoms with Gasteiger partial charge in [0.2, 0.25) is 0 Å². The van der Waals surface area contributed by atoms with Crippen LogP contribution < -0.4 is 15.0 Å². The molecule has 0 amide bonds. The molecule has 13 heteroatoms. The standard InChI is InChI=1S/C39H41F5N6O2/c1-4-25-27(40)10-9-23-7-6-8-26(30(23)25)33-32(41)34-31-29(46-33)19-22(3)35-28(5-2)45-15-18-50(35)36(31)48-37(47-34)51-21-38(13-14-38)20-49-16-11-24(12-17-49)52-39(42,43)44/h1,6-10,22,24,28,35,45H,5,11-21H2,2-3H3/t22-,28-,35-/m0/s1. The van der Waals surface area contributed by atoms with Crippen molar-refractivity contribution in [3.63, 3.8) is 0 Å². The Morgan fingerprint density at radius 2 is 1.83 bits per heavy atom. The van der Waals surface area contributed by atoms with E-state index in [2.05, 4.69) is 39.6 Å². The van der Waals surface area contributed by atoms with Crippen LogP contribution in [0.3, 0.4) is 0 Å². The number of rotatable bonds is 8. The molecule has 274 valence electrons. The van der Waals surface area contributed by atoms with E-state index in [0.717, 1.165) is 25.8 Å². The van der Waals surface area contributed by atoms with Crippen LogP contribution in [0.5, 0.6) is 6.01 Å². The molecule has 0 bridgehead atoms. The molecule has 3 fully saturated rings. The maximum Gasteiger partial charge on any atom is 0.522 e. The first-order chi connectivity index (χ1) is 25.0. The van der Waals surface area contributed by atoms with Gasteiger partial charge in [0, 0.05) is 61.2 Å². The maximum absolute atomic E-state index is 17.2. The molecule has 2 saturated heterocycles. The number of hydrogen-bond donors (Lipinski definition) is 1. The number of alkyl halides is 3. The van der Waals surface area contributed by atoms with Gasteiger partial charge in [-0.2, -0.15) is 9.97 Å². The van der Waals surface area contributed by atoms with Gasteiger partial charge in [-0.15, -0.1) is 19.6 Å². The Bertz CT molecular complexity index is 2060. The number of anilines is 1. The molecule has 52 heavy (non-hydrogen) atoms. The fourth-order valence-electron chi connectivity index (χ4n) is 8.71. The van der Waals surface area contributed by atoms with Crippen LogP contribution >= 0.6 is 0 Å². The van der Waals surface area contributed by atoms with Gasteiger partial charge in [0.15, 0.2) is 5.82 Å². The minimum absolute atomic E-state index is 0.0413.